The molecule has 4 heteroatoms. The molecule has 118 valence electrons. The van der Waals surface area contributed by atoms with Gasteiger partial charge in [0.1, 0.15) is 0 Å². The summed E-state index contributed by atoms with van der Waals surface area (Å²) in [6.07, 6.45) is 8.05. The van der Waals surface area contributed by atoms with Crippen LogP contribution in [0.5, 0.6) is 0 Å². The van der Waals surface area contributed by atoms with Gasteiger partial charge in [0.15, 0.2) is 0 Å². The van der Waals surface area contributed by atoms with Crippen molar-refractivity contribution in [3.05, 3.63) is 33.8 Å². The molecule has 0 radical (unpaired) electrons. The highest BCUT2D eigenvalue weighted by Gasteiger charge is 2.51. The van der Waals surface area contributed by atoms with Gasteiger partial charge in [-0.15, -0.1) is 0 Å². The monoisotopic (exact) mass is 337 g/mol. The van der Waals surface area contributed by atoms with Gasteiger partial charge in [0.25, 0.3) is 0 Å². The Morgan fingerprint density at radius 1 is 1.09 bits per heavy atom. The van der Waals surface area contributed by atoms with E-state index < -0.39 is 0 Å². The van der Waals surface area contributed by atoms with E-state index in [9.17, 15) is 4.79 Å². The van der Waals surface area contributed by atoms with E-state index in [1.54, 1.807) is 12.1 Å². The van der Waals surface area contributed by atoms with Gasteiger partial charge in [-0.3, -0.25) is 4.79 Å². The number of carbonyl (C=O) groups is 1. The second kappa shape index (κ2) is 5.42. The molecule has 0 atom stereocenters. The molecular weight excluding hydrogens is 317 g/mol. The molecule has 4 fully saturated rings. The minimum Gasteiger partial charge on any atom is -0.350 e. The topological polar surface area (TPSA) is 29.1 Å². The molecule has 1 aromatic rings. The number of hydrogen-bond donors (Lipinski definition) is 1. The maximum Gasteiger partial charge on any atom is 0.224 e. The first-order valence-corrected chi connectivity index (χ1v) is 9.02. The van der Waals surface area contributed by atoms with Gasteiger partial charge in [0.2, 0.25) is 5.91 Å². The quantitative estimate of drug-likeness (QED) is 0.856. The van der Waals surface area contributed by atoms with E-state index in [-0.39, 0.29) is 11.4 Å². The number of benzene rings is 1. The Bertz CT molecular complexity index is 578. The van der Waals surface area contributed by atoms with Crippen LogP contribution in [-0.4, -0.2) is 11.4 Å². The lowest BCUT2D eigenvalue weighted by Gasteiger charge is -2.56. The Kier molecular flexibility index (Phi) is 3.65. The molecule has 1 amide bonds. The summed E-state index contributed by atoms with van der Waals surface area (Å²) in [6, 6.07) is 5.35. The number of rotatable bonds is 3. The van der Waals surface area contributed by atoms with Gasteiger partial charge in [-0.1, -0.05) is 29.3 Å². The van der Waals surface area contributed by atoms with Gasteiger partial charge in [0, 0.05) is 15.6 Å². The smallest absolute Gasteiger partial charge is 0.224 e. The molecule has 0 aromatic heterocycles. The second-order valence-electron chi connectivity index (χ2n) is 7.66. The highest BCUT2D eigenvalue weighted by Crippen LogP contribution is 2.55. The molecule has 0 aliphatic heterocycles. The largest absolute Gasteiger partial charge is 0.350 e. The van der Waals surface area contributed by atoms with Gasteiger partial charge in [-0.2, -0.15) is 0 Å². The molecule has 0 unspecified atom stereocenters. The van der Waals surface area contributed by atoms with Crippen molar-refractivity contribution in [1.29, 1.82) is 0 Å². The predicted octanol–water partition coefficient (Wildman–Crippen LogP) is 4.62. The van der Waals surface area contributed by atoms with E-state index in [4.69, 9.17) is 23.2 Å². The predicted molar refractivity (Wildman–Crippen MR) is 89.2 cm³/mol. The zero-order valence-corrected chi connectivity index (χ0v) is 14.1. The summed E-state index contributed by atoms with van der Waals surface area (Å²) in [5, 5.41) is 4.57. The molecule has 0 heterocycles. The summed E-state index contributed by atoms with van der Waals surface area (Å²) >= 11 is 12.1. The van der Waals surface area contributed by atoms with Crippen molar-refractivity contribution in [2.24, 2.45) is 17.8 Å². The van der Waals surface area contributed by atoms with E-state index in [0.717, 1.165) is 23.3 Å². The molecule has 1 N–H and O–H groups in total. The number of amides is 1. The van der Waals surface area contributed by atoms with E-state index in [1.165, 1.54) is 38.5 Å². The maximum atomic E-state index is 12.5. The maximum absolute atomic E-state index is 12.5. The van der Waals surface area contributed by atoms with Crippen molar-refractivity contribution >= 4 is 29.1 Å². The number of halogens is 2. The lowest BCUT2D eigenvalue weighted by molar-refractivity contribution is -0.126. The number of hydrogen-bond acceptors (Lipinski definition) is 1. The van der Waals surface area contributed by atoms with Crippen LogP contribution < -0.4 is 5.32 Å². The van der Waals surface area contributed by atoms with E-state index in [1.807, 2.05) is 6.07 Å². The summed E-state index contributed by atoms with van der Waals surface area (Å²) in [4.78, 5) is 12.5. The first-order valence-electron chi connectivity index (χ1n) is 8.26. The van der Waals surface area contributed by atoms with Crippen LogP contribution in [-0.2, 0) is 11.2 Å². The highest BCUT2D eigenvalue weighted by molar-refractivity contribution is 6.35. The van der Waals surface area contributed by atoms with Gasteiger partial charge in [-0.25, -0.2) is 0 Å². The molecule has 5 rings (SSSR count). The molecule has 0 spiro atoms. The summed E-state index contributed by atoms with van der Waals surface area (Å²) < 4.78 is 0. The molecule has 1 aromatic carbocycles. The Morgan fingerprint density at radius 2 is 1.68 bits per heavy atom. The minimum atomic E-state index is 0.0741. The average Bonchev–Trinajstić information content (AvgIpc) is 2.39. The first-order chi connectivity index (χ1) is 10.5. The van der Waals surface area contributed by atoms with Crippen LogP contribution in [0.4, 0.5) is 0 Å². The van der Waals surface area contributed by atoms with Crippen molar-refractivity contribution in [3.8, 4) is 0 Å². The molecule has 0 saturated heterocycles. The third kappa shape index (κ3) is 2.76. The van der Waals surface area contributed by atoms with Crippen LogP contribution in [0.1, 0.15) is 44.1 Å². The third-order valence-corrected chi connectivity index (χ3v) is 6.40. The van der Waals surface area contributed by atoms with Crippen LogP contribution in [0.15, 0.2) is 18.2 Å². The summed E-state index contributed by atoms with van der Waals surface area (Å²) in [5.74, 6) is 2.62. The standard InChI is InChI=1S/C18H21Cl2NO/c19-15-2-1-14(16(20)7-15)6-17(22)21-18-8-11-3-12(9-18)5-13(4-11)10-18/h1-2,7,11-13H,3-6,8-10H2,(H,21,22). The zero-order valence-electron chi connectivity index (χ0n) is 12.6. The molecule has 4 aliphatic carbocycles. The average molecular weight is 338 g/mol. The fraction of sp³-hybridized carbons (Fsp3) is 0.611. The summed E-state index contributed by atoms with van der Waals surface area (Å²) in [7, 11) is 0. The normalized spacial score (nSPS) is 35.6. The van der Waals surface area contributed by atoms with Crippen molar-refractivity contribution < 1.29 is 4.79 Å². The van der Waals surface area contributed by atoms with Gasteiger partial charge < -0.3 is 5.32 Å². The van der Waals surface area contributed by atoms with Crippen LogP contribution >= 0.6 is 23.2 Å². The molecule has 22 heavy (non-hydrogen) atoms. The zero-order chi connectivity index (χ0) is 15.3. The summed E-state index contributed by atoms with van der Waals surface area (Å²) in [6.45, 7) is 0. The molecular formula is C18H21Cl2NO. The Morgan fingerprint density at radius 3 is 2.23 bits per heavy atom. The van der Waals surface area contributed by atoms with Crippen molar-refractivity contribution in [1.82, 2.24) is 5.32 Å². The third-order valence-electron chi connectivity index (χ3n) is 5.81. The fourth-order valence-electron chi connectivity index (χ4n) is 5.44. The Hall–Kier alpha value is -0.730. The highest BCUT2D eigenvalue weighted by atomic mass is 35.5. The van der Waals surface area contributed by atoms with Crippen LogP contribution in [0.2, 0.25) is 10.0 Å². The lowest BCUT2D eigenvalue weighted by Crippen LogP contribution is -2.60. The fourth-order valence-corrected chi connectivity index (χ4v) is 5.92. The van der Waals surface area contributed by atoms with E-state index in [0.29, 0.717) is 16.5 Å². The first kappa shape index (κ1) is 14.8. The molecule has 4 saturated carbocycles. The van der Waals surface area contributed by atoms with E-state index >= 15 is 0 Å². The molecule has 4 bridgehead atoms. The van der Waals surface area contributed by atoms with Gasteiger partial charge >= 0.3 is 0 Å². The van der Waals surface area contributed by atoms with E-state index in [2.05, 4.69) is 5.32 Å². The van der Waals surface area contributed by atoms with Crippen LogP contribution in [0.3, 0.4) is 0 Å². The Balaban J connectivity index is 1.46. The van der Waals surface area contributed by atoms with Crippen LogP contribution in [0.25, 0.3) is 0 Å². The second-order valence-corrected chi connectivity index (χ2v) is 8.50. The lowest BCUT2D eigenvalue weighted by atomic mass is 9.53. The Labute approximate surface area is 141 Å². The van der Waals surface area contributed by atoms with Crippen molar-refractivity contribution in [2.75, 3.05) is 0 Å². The summed E-state index contributed by atoms with van der Waals surface area (Å²) in [5.41, 5.74) is 0.929. The van der Waals surface area contributed by atoms with Gasteiger partial charge in [0.05, 0.1) is 6.42 Å². The number of carbonyl (C=O) groups excluding carboxylic acids is 1. The molecule has 2 nitrogen and oxygen atoms in total. The number of nitrogens with one attached hydrogen (secondary N) is 1. The van der Waals surface area contributed by atoms with Gasteiger partial charge in [-0.05, 0) is 74.0 Å². The van der Waals surface area contributed by atoms with Crippen molar-refractivity contribution in [2.45, 2.75) is 50.5 Å². The molecule has 4 aliphatic rings. The van der Waals surface area contributed by atoms with Crippen LogP contribution in [0, 0.1) is 17.8 Å². The minimum absolute atomic E-state index is 0.0741. The SMILES string of the molecule is O=C(Cc1ccc(Cl)cc1Cl)NC12CC3CC(CC(C3)C1)C2. The van der Waals surface area contributed by atoms with Crippen molar-refractivity contribution in [3.63, 3.8) is 0 Å².